The molecule has 1 N–H and O–H groups in total. The van der Waals surface area contributed by atoms with Crippen molar-refractivity contribution in [3.63, 3.8) is 0 Å². The van der Waals surface area contributed by atoms with E-state index in [9.17, 15) is 4.39 Å². The van der Waals surface area contributed by atoms with Crippen molar-refractivity contribution in [1.82, 2.24) is 5.32 Å². The lowest BCUT2D eigenvalue weighted by Crippen LogP contribution is -2.38. The molecule has 0 heterocycles. The van der Waals surface area contributed by atoms with Crippen molar-refractivity contribution >= 4 is 0 Å². The second kappa shape index (κ2) is 9.00. The average molecular weight is 297 g/mol. The lowest BCUT2D eigenvalue weighted by Gasteiger charge is -2.31. The van der Waals surface area contributed by atoms with Gasteiger partial charge in [0.2, 0.25) is 0 Å². The summed E-state index contributed by atoms with van der Waals surface area (Å²) < 4.78 is 25.3. The lowest BCUT2D eigenvalue weighted by atomic mass is 9.92. The number of rotatable bonds is 9. The number of benzene rings is 1. The van der Waals surface area contributed by atoms with Gasteiger partial charge in [-0.2, -0.15) is 0 Å². The molecule has 0 saturated carbocycles. The Morgan fingerprint density at radius 3 is 2.43 bits per heavy atom. The van der Waals surface area contributed by atoms with Gasteiger partial charge in [-0.05, 0) is 31.9 Å². The first kappa shape index (κ1) is 17.9. The van der Waals surface area contributed by atoms with Crippen LogP contribution in [0.4, 0.5) is 4.39 Å². The van der Waals surface area contributed by atoms with Gasteiger partial charge in [0.1, 0.15) is 11.6 Å². The van der Waals surface area contributed by atoms with Gasteiger partial charge in [-0.1, -0.05) is 26.8 Å². The first-order chi connectivity index (χ1) is 10.0. The zero-order chi connectivity index (χ0) is 15.8. The Kier molecular flexibility index (Phi) is 7.68. The Balaban J connectivity index is 3.10. The fourth-order valence-electron chi connectivity index (χ4n) is 2.46. The van der Waals surface area contributed by atoms with E-state index in [-0.39, 0.29) is 18.0 Å². The number of hydrogen-bond donors (Lipinski definition) is 1. The van der Waals surface area contributed by atoms with Crippen molar-refractivity contribution in [2.24, 2.45) is 5.92 Å². The molecule has 4 heteroatoms. The third-order valence-corrected chi connectivity index (χ3v) is 3.50. The molecule has 0 aliphatic rings. The molecule has 1 rings (SSSR count). The van der Waals surface area contributed by atoms with Gasteiger partial charge in [0.25, 0.3) is 0 Å². The Morgan fingerprint density at radius 1 is 1.24 bits per heavy atom. The second-order valence-electron chi connectivity index (χ2n) is 5.48. The van der Waals surface area contributed by atoms with Gasteiger partial charge in [0, 0.05) is 18.2 Å². The summed E-state index contributed by atoms with van der Waals surface area (Å²) in [5, 5.41) is 3.42. The Morgan fingerprint density at radius 2 is 1.95 bits per heavy atom. The summed E-state index contributed by atoms with van der Waals surface area (Å²) in [6.07, 6.45) is 0.926. The van der Waals surface area contributed by atoms with Gasteiger partial charge < -0.3 is 14.8 Å². The van der Waals surface area contributed by atoms with Crippen molar-refractivity contribution in [3.8, 4) is 5.75 Å². The van der Waals surface area contributed by atoms with Crippen LogP contribution in [0.2, 0.25) is 0 Å². The van der Waals surface area contributed by atoms with Crippen LogP contribution in [-0.2, 0) is 4.74 Å². The third kappa shape index (κ3) is 4.97. The maximum absolute atomic E-state index is 14.4. The van der Waals surface area contributed by atoms with Crippen molar-refractivity contribution in [2.45, 2.75) is 46.3 Å². The molecular weight excluding hydrogens is 269 g/mol. The minimum absolute atomic E-state index is 0.0653. The fourth-order valence-corrected chi connectivity index (χ4v) is 2.46. The lowest BCUT2D eigenvalue weighted by molar-refractivity contribution is 0.00201. The van der Waals surface area contributed by atoms with Crippen molar-refractivity contribution in [1.29, 1.82) is 0 Å². The van der Waals surface area contributed by atoms with E-state index >= 15 is 0 Å². The van der Waals surface area contributed by atoms with Crippen LogP contribution in [0.15, 0.2) is 18.2 Å². The Bertz CT molecular complexity index is 423. The number of nitrogens with one attached hydrogen (secondary N) is 1. The van der Waals surface area contributed by atoms with Gasteiger partial charge in [0.05, 0.1) is 19.3 Å². The highest BCUT2D eigenvalue weighted by Gasteiger charge is 2.28. The molecule has 2 atom stereocenters. The molecule has 0 aliphatic carbocycles. The van der Waals surface area contributed by atoms with Crippen LogP contribution in [-0.4, -0.2) is 26.4 Å². The number of halogens is 1. The zero-order valence-corrected chi connectivity index (χ0v) is 13.8. The predicted molar refractivity (Wildman–Crippen MR) is 84.2 cm³/mol. The summed E-state index contributed by atoms with van der Waals surface area (Å²) in [5.41, 5.74) is 0.636. The Hall–Kier alpha value is -1.13. The van der Waals surface area contributed by atoms with Gasteiger partial charge in [-0.15, -0.1) is 0 Å². The molecule has 0 fully saturated rings. The maximum atomic E-state index is 14.4. The predicted octanol–water partition coefficient (Wildman–Crippen LogP) is 3.94. The number of hydrogen-bond acceptors (Lipinski definition) is 3. The second-order valence-corrected chi connectivity index (χ2v) is 5.48. The normalized spacial score (nSPS) is 14.2. The van der Waals surface area contributed by atoms with Gasteiger partial charge in [-0.3, -0.25) is 0 Å². The summed E-state index contributed by atoms with van der Waals surface area (Å²) in [7, 11) is 1.54. The van der Waals surface area contributed by atoms with E-state index in [2.05, 4.69) is 26.1 Å². The van der Waals surface area contributed by atoms with E-state index in [4.69, 9.17) is 9.47 Å². The van der Waals surface area contributed by atoms with Gasteiger partial charge in [0.15, 0.2) is 0 Å². The molecule has 0 radical (unpaired) electrons. The maximum Gasteiger partial charge on any atom is 0.131 e. The fraction of sp³-hybridized carbons (Fsp3) is 0.647. The van der Waals surface area contributed by atoms with E-state index in [0.717, 1.165) is 13.0 Å². The molecule has 2 unspecified atom stereocenters. The first-order valence-electron chi connectivity index (χ1n) is 7.73. The highest BCUT2D eigenvalue weighted by molar-refractivity contribution is 5.31. The molecule has 1 aromatic rings. The summed E-state index contributed by atoms with van der Waals surface area (Å²) in [5.74, 6) is 0.567. The monoisotopic (exact) mass is 297 g/mol. The number of ether oxygens (including phenoxy) is 2. The molecule has 120 valence electrons. The summed E-state index contributed by atoms with van der Waals surface area (Å²) in [4.78, 5) is 0. The van der Waals surface area contributed by atoms with Crippen molar-refractivity contribution in [3.05, 3.63) is 29.6 Å². The zero-order valence-electron chi connectivity index (χ0n) is 13.8. The van der Waals surface area contributed by atoms with Crippen LogP contribution in [0.5, 0.6) is 5.75 Å². The van der Waals surface area contributed by atoms with E-state index in [1.807, 2.05) is 6.92 Å². The molecule has 0 bridgehead atoms. The van der Waals surface area contributed by atoms with Crippen LogP contribution < -0.4 is 10.1 Å². The van der Waals surface area contributed by atoms with Crippen LogP contribution in [0.3, 0.4) is 0 Å². The summed E-state index contributed by atoms with van der Waals surface area (Å²) in [6, 6.07) is 4.85. The molecule has 0 spiro atoms. The van der Waals surface area contributed by atoms with E-state index in [1.165, 1.54) is 6.07 Å². The standard InChI is InChI=1S/C17H28FNO2/c1-6-10-19-16(17(12(3)4)21-7-2)14-9-8-13(20-5)11-15(14)18/h8-9,11-12,16-17,19H,6-7,10H2,1-5H3. The van der Waals surface area contributed by atoms with Crippen molar-refractivity contribution < 1.29 is 13.9 Å². The minimum Gasteiger partial charge on any atom is -0.497 e. The largest absolute Gasteiger partial charge is 0.497 e. The van der Waals surface area contributed by atoms with Gasteiger partial charge in [-0.25, -0.2) is 4.39 Å². The van der Waals surface area contributed by atoms with E-state index < -0.39 is 0 Å². The van der Waals surface area contributed by atoms with Crippen molar-refractivity contribution in [2.75, 3.05) is 20.3 Å². The molecule has 0 aromatic heterocycles. The van der Waals surface area contributed by atoms with Crippen LogP contribution in [0.1, 0.15) is 45.7 Å². The van der Waals surface area contributed by atoms with Crippen LogP contribution in [0.25, 0.3) is 0 Å². The SMILES string of the molecule is CCCNC(c1ccc(OC)cc1F)C(OCC)C(C)C. The molecule has 3 nitrogen and oxygen atoms in total. The molecule has 0 saturated heterocycles. The minimum atomic E-state index is -0.256. The molecule has 1 aromatic carbocycles. The van der Waals surface area contributed by atoms with E-state index in [0.29, 0.717) is 23.8 Å². The van der Waals surface area contributed by atoms with Crippen LogP contribution in [0, 0.1) is 11.7 Å². The van der Waals surface area contributed by atoms with E-state index in [1.54, 1.807) is 19.2 Å². The quantitative estimate of drug-likeness (QED) is 0.749. The molecule has 21 heavy (non-hydrogen) atoms. The summed E-state index contributed by atoms with van der Waals surface area (Å²) >= 11 is 0. The Labute approximate surface area is 127 Å². The van der Waals surface area contributed by atoms with Crippen LogP contribution >= 0.6 is 0 Å². The highest BCUT2D eigenvalue weighted by atomic mass is 19.1. The topological polar surface area (TPSA) is 30.5 Å². The molecule has 0 aliphatic heterocycles. The average Bonchev–Trinajstić information content (AvgIpc) is 2.47. The summed E-state index contributed by atoms with van der Waals surface area (Å²) in [6.45, 7) is 9.71. The highest BCUT2D eigenvalue weighted by Crippen LogP contribution is 2.29. The van der Waals surface area contributed by atoms with Gasteiger partial charge >= 0.3 is 0 Å². The molecular formula is C17H28FNO2. The molecule has 0 amide bonds. The third-order valence-electron chi connectivity index (χ3n) is 3.50. The first-order valence-corrected chi connectivity index (χ1v) is 7.73. The number of methoxy groups -OCH3 is 1. The smallest absolute Gasteiger partial charge is 0.131 e.